The van der Waals surface area contributed by atoms with Crippen molar-refractivity contribution in [3.05, 3.63) is 59.0 Å². The molecule has 4 nitrogen and oxygen atoms in total. The Morgan fingerprint density at radius 3 is 2.71 bits per heavy atom. The lowest BCUT2D eigenvalue weighted by atomic mass is 10.1. The fraction of sp³-hybridized carbons (Fsp3) is 0.250. The number of aromatic nitrogens is 1. The monoisotopic (exact) mass is 284 g/mol. The average Bonchev–Trinajstić information content (AvgIpc) is 2.48. The third-order valence-corrected chi connectivity index (χ3v) is 2.96. The smallest absolute Gasteiger partial charge is 0.127 e. The van der Waals surface area contributed by atoms with Gasteiger partial charge in [0.15, 0.2) is 0 Å². The van der Waals surface area contributed by atoms with Crippen molar-refractivity contribution in [2.45, 2.75) is 13.1 Å². The van der Waals surface area contributed by atoms with Crippen LogP contribution in [-0.4, -0.2) is 24.0 Å². The molecule has 1 aromatic heterocycles. The zero-order valence-electron chi connectivity index (χ0n) is 12.1. The maximum absolute atomic E-state index is 13.7. The first-order valence-electron chi connectivity index (χ1n) is 6.60. The number of hydrogen-bond acceptors (Lipinski definition) is 4. The van der Waals surface area contributed by atoms with E-state index in [0.717, 1.165) is 5.56 Å². The minimum atomic E-state index is -0.191. The maximum atomic E-state index is 13.7. The summed E-state index contributed by atoms with van der Waals surface area (Å²) in [5, 5.41) is 11.9. The number of nitrogens with zero attached hydrogens (tertiary/aromatic N) is 3. The van der Waals surface area contributed by atoms with Crippen LogP contribution >= 0.6 is 0 Å². The van der Waals surface area contributed by atoms with E-state index >= 15 is 0 Å². The molecule has 0 aliphatic rings. The molecule has 0 radical (unpaired) electrons. The van der Waals surface area contributed by atoms with Crippen molar-refractivity contribution in [1.82, 2.24) is 9.88 Å². The van der Waals surface area contributed by atoms with Crippen LogP contribution < -0.4 is 5.32 Å². The van der Waals surface area contributed by atoms with E-state index in [2.05, 4.69) is 10.3 Å². The molecular weight excluding hydrogens is 267 g/mol. The molecule has 0 bridgehead atoms. The summed E-state index contributed by atoms with van der Waals surface area (Å²) >= 11 is 0. The number of anilines is 1. The van der Waals surface area contributed by atoms with Gasteiger partial charge in [-0.05, 0) is 43.9 Å². The number of pyridine rings is 1. The van der Waals surface area contributed by atoms with Crippen molar-refractivity contribution >= 4 is 5.82 Å². The van der Waals surface area contributed by atoms with Gasteiger partial charge in [-0.1, -0.05) is 6.07 Å². The van der Waals surface area contributed by atoms with Crippen molar-refractivity contribution in [2.75, 3.05) is 19.4 Å². The number of nitriles is 1. The topological polar surface area (TPSA) is 52.0 Å². The van der Waals surface area contributed by atoms with Gasteiger partial charge in [0, 0.05) is 24.8 Å². The fourth-order valence-electron chi connectivity index (χ4n) is 1.96. The van der Waals surface area contributed by atoms with Gasteiger partial charge in [0.2, 0.25) is 0 Å². The zero-order chi connectivity index (χ0) is 15.2. The van der Waals surface area contributed by atoms with E-state index in [0.29, 0.717) is 30.0 Å². The third kappa shape index (κ3) is 4.26. The minimum absolute atomic E-state index is 0.191. The predicted octanol–water partition coefficient (Wildman–Crippen LogP) is 2.77. The zero-order valence-corrected chi connectivity index (χ0v) is 12.1. The van der Waals surface area contributed by atoms with Crippen LogP contribution in [0.3, 0.4) is 0 Å². The second kappa shape index (κ2) is 6.82. The van der Waals surface area contributed by atoms with Gasteiger partial charge in [0.1, 0.15) is 17.7 Å². The van der Waals surface area contributed by atoms with E-state index in [1.165, 1.54) is 12.3 Å². The summed E-state index contributed by atoms with van der Waals surface area (Å²) in [6, 6.07) is 10.6. The molecule has 21 heavy (non-hydrogen) atoms. The van der Waals surface area contributed by atoms with E-state index < -0.39 is 0 Å². The van der Waals surface area contributed by atoms with E-state index in [9.17, 15) is 4.39 Å². The third-order valence-electron chi connectivity index (χ3n) is 2.96. The van der Waals surface area contributed by atoms with Crippen LogP contribution in [0.4, 0.5) is 10.2 Å². The summed E-state index contributed by atoms with van der Waals surface area (Å²) in [5.74, 6) is 0.497. The molecule has 0 saturated heterocycles. The average molecular weight is 284 g/mol. The summed E-state index contributed by atoms with van der Waals surface area (Å²) in [5.41, 5.74) is 2.18. The van der Waals surface area contributed by atoms with Gasteiger partial charge in [-0.25, -0.2) is 9.37 Å². The number of rotatable bonds is 5. The highest BCUT2D eigenvalue weighted by Gasteiger charge is 2.05. The molecule has 1 heterocycles. The molecule has 108 valence electrons. The van der Waals surface area contributed by atoms with Crippen molar-refractivity contribution in [1.29, 1.82) is 5.26 Å². The van der Waals surface area contributed by atoms with Gasteiger partial charge in [-0.3, -0.25) is 0 Å². The quantitative estimate of drug-likeness (QED) is 0.917. The lowest BCUT2D eigenvalue weighted by Crippen LogP contribution is -2.12. The number of hydrogen-bond donors (Lipinski definition) is 1. The summed E-state index contributed by atoms with van der Waals surface area (Å²) in [4.78, 5) is 6.07. The molecule has 0 saturated carbocycles. The van der Waals surface area contributed by atoms with Gasteiger partial charge >= 0.3 is 0 Å². The van der Waals surface area contributed by atoms with E-state index in [1.54, 1.807) is 18.2 Å². The molecule has 0 amide bonds. The summed E-state index contributed by atoms with van der Waals surface area (Å²) in [6.07, 6.45) is 1.52. The highest BCUT2D eigenvalue weighted by atomic mass is 19.1. The molecule has 1 N–H and O–H groups in total. The molecular formula is C16H17FN4. The largest absolute Gasteiger partial charge is 0.366 e. The Morgan fingerprint density at radius 2 is 2.10 bits per heavy atom. The molecule has 0 aliphatic heterocycles. The number of benzene rings is 1. The Balaban J connectivity index is 2.04. The van der Waals surface area contributed by atoms with Crippen LogP contribution in [0.5, 0.6) is 0 Å². The lowest BCUT2D eigenvalue weighted by molar-refractivity contribution is 0.392. The summed E-state index contributed by atoms with van der Waals surface area (Å²) < 4.78 is 13.7. The van der Waals surface area contributed by atoms with E-state index in [1.807, 2.05) is 31.1 Å². The maximum Gasteiger partial charge on any atom is 0.127 e. The van der Waals surface area contributed by atoms with Gasteiger partial charge in [0.05, 0.1) is 5.56 Å². The van der Waals surface area contributed by atoms with E-state index in [4.69, 9.17) is 5.26 Å². The fourth-order valence-corrected chi connectivity index (χ4v) is 1.96. The Hall–Kier alpha value is -2.45. The highest BCUT2D eigenvalue weighted by molar-refractivity contribution is 5.40. The van der Waals surface area contributed by atoms with Crippen LogP contribution in [0, 0.1) is 17.1 Å². The first kappa shape index (κ1) is 14.9. The lowest BCUT2D eigenvalue weighted by Gasteiger charge is -2.12. The molecule has 0 aliphatic carbocycles. The standard InChI is InChI=1S/C16H17FN4/c1-21(2)11-14-7-12(3-5-15(14)17)9-19-16-6-4-13(8-18)10-20-16/h3-7,10H,9,11H2,1-2H3,(H,19,20). The first-order chi connectivity index (χ1) is 10.1. The van der Waals surface area contributed by atoms with Crippen LogP contribution in [-0.2, 0) is 13.1 Å². The molecule has 2 rings (SSSR count). The first-order valence-corrected chi connectivity index (χ1v) is 6.60. The Kier molecular flexibility index (Phi) is 4.85. The molecule has 2 aromatic rings. The van der Waals surface area contributed by atoms with Crippen molar-refractivity contribution < 1.29 is 4.39 Å². The van der Waals surface area contributed by atoms with Gasteiger partial charge in [-0.15, -0.1) is 0 Å². The molecule has 5 heteroatoms. The summed E-state index contributed by atoms with van der Waals surface area (Å²) in [7, 11) is 3.82. The number of nitrogens with one attached hydrogen (secondary N) is 1. The predicted molar refractivity (Wildman–Crippen MR) is 80.1 cm³/mol. The Morgan fingerprint density at radius 1 is 1.29 bits per heavy atom. The van der Waals surface area contributed by atoms with E-state index in [-0.39, 0.29) is 5.82 Å². The molecule has 1 aromatic carbocycles. The molecule has 0 spiro atoms. The van der Waals surface area contributed by atoms with Gasteiger partial charge < -0.3 is 10.2 Å². The second-order valence-electron chi connectivity index (χ2n) is 5.06. The van der Waals surface area contributed by atoms with Crippen LogP contribution in [0.15, 0.2) is 36.5 Å². The Bertz CT molecular complexity index is 644. The molecule has 0 atom stereocenters. The molecule has 0 fully saturated rings. The summed E-state index contributed by atoms with van der Waals surface area (Å²) in [6.45, 7) is 1.12. The minimum Gasteiger partial charge on any atom is -0.366 e. The van der Waals surface area contributed by atoms with Gasteiger partial charge in [-0.2, -0.15) is 5.26 Å². The van der Waals surface area contributed by atoms with Crippen LogP contribution in [0.25, 0.3) is 0 Å². The Labute approximate surface area is 123 Å². The number of halogens is 1. The van der Waals surface area contributed by atoms with Crippen molar-refractivity contribution in [2.24, 2.45) is 0 Å². The van der Waals surface area contributed by atoms with Gasteiger partial charge in [0.25, 0.3) is 0 Å². The SMILES string of the molecule is CN(C)Cc1cc(CNc2ccc(C#N)cn2)ccc1F. The normalized spacial score (nSPS) is 10.4. The second-order valence-corrected chi connectivity index (χ2v) is 5.06. The van der Waals surface area contributed by atoms with Crippen LogP contribution in [0.2, 0.25) is 0 Å². The van der Waals surface area contributed by atoms with Crippen LogP contribution in [0.1, 0.15) is 16.7 Å². The highest BCUT2D eigenvalue weighted by Crippen LogP contribution is 2.14. The molecule has 0 unspecified atom stereocenters. The van der Waals surface area contributed by atoms with Crippen molar-refractivity contribution in [3.8, 4) is 6.07 Å². The van der Waals surface area contributed by atoms with Crippen molar-refractivity contribution in [3.63, 3.8) is 0 Å².